The number of aromatic nitrogens is 1. The molecule has 1 aromatic carbocycles. The van der Waals surface area contributed by atoms with Crippen molar-refractivity contribution in [3.8, 4) is 0 Å². The van der Waals surface area contributed by atoms with Gasteiger partial charge in [-0.3, -0.25) is 9.88 Å². The van der Waals surface area contributed by atoms with Gasteiger partial charge in [0.15, 0.2) is 0 Å². The summed E-state index contributed by atoms with van der Waals surface area (Å²) in [6.07, 6.45) is 5.94. The Morgan fingerprint density at radius 2 is 2.08 bits per heavy atom. The highest BCUT2D eigenvalue weighted by atomic mass is 19.1. The lowest BCUT2D eigenvalue weighted by molar-refractivity contribution is 0.268. The van der Waals surface area contributed by atoms with E-state index in [1.54, 1.807) is 0 Å². The Kier molecular flexibility index (Phi) is 5.59. The average Bonchev–Trinajstić information content (AvgIpc) is 2.96. The van der Waals surface area contributed by atoms with Crippen molar-refractivity contribution < 1.29 is 4.39 Å². The molecule has 0 amide bonds. The van der Waals surface area contributed by atoms with Crippen LogP contribution in [0, 0.1) is 11.7 Å². The van der Waals surface area contributed by atoms with Gasteiger partial charge in [-0.2, -0.15) is 0 Å². The molecule has 4 heteroatoms. The second-order valence-corrected chi connectivity index (χ2v) is 6.90. The fourth-order valence-electron chi connectivity index (χ4n) is 3.72. The summed E-state index contributed by atoms with van der Waals surface area (Å²) in [5.41, 5.74) is 2.47. The summed E-state index contributed by atoms with van der Waals surface area (Å²) in [4.78, 5) is 6.70. The van der Waals surface area contributed by atoms with E-state index in [0.717, 1.165) is 19.5 Å². The zero-order valence-electron chi connectivity index (χ0n) is 14.5. The molecular formula is C20H26FN3. The topological polar surface area (TPSA) is 28.2 Å². The van der Waals surface area contributed by atoms with E-state index in [0.29, 0.717) is 18.0 Å². The Morgan fingerprint density at radius 3 is 2.79 bits per heavy atom. The quantitative estimate of drug-likeness (QED) is 0.881. The van der Waals surface area contributed by atoms with Crippen LogP contribution in [0.3, 0.4) is 0 Å². The van der Waals surface area contributed by atoms with Crippen molar-refractivity contribution in [1.29, 1.82) is 0 Å². The number of benzene rings is 1. The first kappa shape index (κ1) is 17.1. The minimum absolute atomic E-state index is 0.173. The SMILES string of the molecule is C[C@@H](Cc1ccc(F)cc1)NC[C@@H]1CCN(C)[C@H]1c1cccnc1. The van der Waals surface area contributed by atoms with Crippen LogP contribution in [-0.4, -0.2) is 36.1 Å². The van der Waals surface area contributed by atoms with Crippen molar-refractivity contribution in [3.63, 3.8) is 0 Å². The molecule has 0 aliphatic carbocycles. The normalized spacial score (nSPS) is 22.6. The summed E-state index contributed by atoms with van der Waals surface area (Å²) in [6, 6.07) is 11.8. The van der Waals surface area contributed by atoms with Gasteiger partial charge in [-0.25, -0.2) is 4.39 Å². The number of rotatable bonds is 6. The molecule has 3 rings (SSSR count). The summed E-state index contributed by atoms with van der Waals surface area (Å²) in [7, 11) is 2.19. The number of hydrogen-bond acceptors (Lipinski definition) is 3. The van der Waals surface area contributed by atoms with Crippen LogP contribution in [0.2, 0.25) is 0 Å². The van der Waals surface area contributed by atoms with Gasteiger partial charge in [0.1, 0.15) is 5.82 Å². The summed E-state index contributed by atoms with van der Waals surface area (Å²) in [5.74, 6) is 0.419. The minimum atomic E-state index is -0.173. The van der Waals surface area contributed by atoms with E-state index < -0.39 is 0 Å². The molecule has 1 fully saturated rings. The molecule has 3 atom stereocenters. The van der Waals surface area contributed by atoms with Gasteiger partial charge in [-0.05, 0) is 68.6 Å². The van der Waals surface area contributed by atoms with Gasteiger partial charge >= 0.3 is 0 Å². The highest BCUT2D eigenvalue weighted by molar-refractivity contribution is 5.18. The largest absolute Gasteiger partial charge is 0.314 e. The van der Waals surface area contributed by atoms with Crippen molar-refractivity contribution in [2.24, 2.45) is 5.92 Å². The maximum absolute atomic E-state index is 13.0. The molecule has 1 N–H and O–H groups in total. The van der Waals surface area contributed by atoms with Crippen LogP contribution in [0.15, 0.2) is 48.8 Å². The Labute approximate surface area is 143 Å². The molecule has 1 aromatic heterocycles. The van der Waals surface area contributed by atoms with E-state index in [2.05, 4.69) is 35.2 Å². The molecule has 1 saturated heterocycles. The van der Waals surface area contributed by atoms with Crippen LogP contribution in [0.5, 0.6) is 0 Å². The summed E-state index contributed by atoms with van der Waals surface area (Å²) in [5, 5.41) is 3.67. The highest BCUT2D eigenvalue weighted by Crippen LogP contribution is 2.35. The lowest BCUT2D eigenvalue weighted by Gasteiger charge is -2.26. The minimum Gasteiger partial charge on any atom is -0.314 e. The molecule has 2 aromatic rings. The zero-order chi connectivity index (χ0) is 16.9. The molecule has 0 spiro atoms. The average molecular weight is 327 g/mol. The summed E-state index contributed by atoms with van der Waals surface area (Å²) in [6.45, 7) is 4.31. The van der Waals surface area contributed by atoms with E-state index in [-0.39, 0.29) is 5.82 Å². The number of nitrogens with one attached hydrogen (secondary N) is 1. The van der Waals surface area contributed by atoms with Crippen LogP contribution in [-0.2, 0) is 6.42 Å². The lowest BCUT2D eigenvalue weighted by Crippen LogP contribution is -2.35. The van der Waals surface area contributed by atoms with Crippen LogP contribution in [0.1, 0.15) is 30.5 Å². The van der Waals surface area contributed by atoms with Crippen molar-refractivity contribution in [2.45, 2.75) is 31.8 Å². The number of hydrogen-bond donors (Lipinski definition) is 1. The maximum Gasteiger partial charge on any atom is 0.123 e. The number of halogens is 1. The maximum atomic E-state index is 13.0. The van der Waals surface area contributed by atoms with E-state index in [1.807, 2.05) is 30.6 Å². The highest BCUT2D eigenvalue weighted by Gasteiger charge is 2.32. The Bertz CT molecular complexity index is 629. The molecular weight excluding hydrogens is 301 g/mol. The Balaban J connectivity index is 1.56. The van der Waals surface area contributed by atoms with E-state index in [9.17, 15) is 4.39 Å². The summed E-state index contributed by atoms with van der Waals surface area (Å²) >= 11 is 0. The third-order valence-electron chi connectivity index (χ3n) is 4.98. The van der Waals surface area contributed by atoms with Crippen molar-refractivity contribution in [1.82, 2.24) is 15.2 Å². The monoisotopic (exact) mass is 327 g/mol. The third kappa shape index (κ3) is 4.19. The molecule has 0 unspecified atom stereocenters. The van der Waals surface area contributed by atoms with Gasteiger partial charge in [0.05, 0.1) is 0 Å². The van der Waals surface area contributed by atoms with Gasteiger partial charge in [-0.1, -0.05) is 18.2 Å². The lowest BCUT2D eigenvalue weighted by atomic mass is 9.94. The van der Waals surface area contributed by atoms with Gasteiger partial charge in [0.25, 0.3) is 0 Å². The number of pyridine rings is 1. The van der Waals surface area contributed by atoms with E-state index in [1.165, 1.54) is 29.7 Å². The van der Waals surface area contributed by atoms with Gasteiger partial charge < -0.3 is 5.32 Å². The van der Waals surface area contributed by atoms with Crippen molar-refractivity contribution >= 4 is 0 Å². The first-order chi connectivity index (χ1) is 11.6. The fourth-order valence-corrected chi connectivity index (χ4v) is 3.72. The van der Waals surface area contributed by atoms with Crippen LogP contribution in [0.25, 0.3) is 0 Å². The van der Waals surface area contributed by atoms with E-state index >= 15 is 0 Å². The fraction of sp³-hybridized carbons (Fsp3) is 0.450. The predicted molar refractivity (Wildman–Crippen MR) is 95.3 cm³/mol. The molecule has 2 heterocycles. The molecule has 1 aliphatic rings. The molecule has 0 saturated carbocycles. The van der Waals surface area contributed by atoms with Crippen LogP contribution in [0.4, 0.5) is 4.39 Å². The second kappa shape index (κ2) is 7.86. The molecule has 3 nitrogen and oxygen atoms in total. The van der Waals surface area contributed by atoms with Crippen LogP contribution < -0.4 is 5.32 Å². The van der Waals surface area contributed by atoms with Crippen molar-refractivity contribution in [3.05, 3.63) is 65.7 Å². The molecule has 0 radical (unpaired) electrons. The number of likely N-dealkylation sites (tertiary alicyclic amines) is 1. The summed E-state index contributed by atoms with van der Waals surface area (Å²) < 4.78 is 13.0. The van der Waals surface area contributed by atoms with E-state index in [4.69, 9.17) is 0 Å². The predicted octanol–water partition coefficient (Wildman–Crippen LogP) is 3.43. The van der Waals surface area contributed by atoms with Gasteiger partial charge in [0, 0.05) is 31.0 Å². The molecule has 128 valence electrons. The first-order valence-electron chi connectivity index (χ1n) is 8.71. The third-order valence-corrected chi connectivity index (χ3v) is 4.98. The van der Waals surface area contributed by atoms with Gasteiger partial charge in [0.2, 0.25) is 0 Å². The smallest absolute Gasteiger partial charge is 0.123 e. The Morgan fingerprint density at radius 1 is 1.29 bits per heavy atom. The zero-order valence-corrected chi connectivity index (χ0v) is 14.5. The standard InChI is InChI=1S/C20H26FN3/c1-15(12-16-5-7-19(21)8-6-16)23-14-18-9-11-24(2)20(18)17-4-3-10-22-13-17/h3-8,10,13,15,18,20,23H,9,11-12,14H2,1-2H3/t15-,18-,20-/m0/s1. The molecule has 1 aliphatic heterocycles. The van der Waals surface area contributed by atoms with Gasteiger partial charge in [-0.15, -0.1) is 0 Å². The number of nitrogens with zero attached hydrogens (tertiary/aromatic N) is 2. The van der Waals surface area contributed by atoms with Crippen LogP contribution >= 0.6 is 0 Å². The molecule has 24 heavy (non-hydrogen) atoms. The second-order valence-electron chi connectivity index (χ2n) is 6.90. The Hall–Kier alpha value is -1.78. The first-order valence-corrected chi connectivity index (χ1v) is 8.71. The van der Waals surface area contributed by atoms with Crippen molar-refractivity contribution in [2.75, 3.05) is 20.1 Å². The molecule has 0 bridgehead atoms.